The number of rotatable bonds is 8. The molecule has 0 radical (unpaired) electrons. The molecule has 4 N–H and O–H groups in total. The van der Waals surface area contributed by atoms with E-state index in [0.29, 0.717) is 5.02 Å². The number of carboxylic acid groups (broad SMARTS) is 2. The van der Waals surface area contributed by atoms with E-state index in [4.69, 9.17) is 21.8 Å². The van der Waals surface area contributed by atoms with Gasteiger partial charge in [-0.25, -0.2) is 4.79 Å². The molecule has 0 saturated carbocycles. The number of nitrogens with zero attached hydrogens (tertiary/aromatic N) is 1. The van der Waals surface area contributed by atoms with Crippen LogP contribution >= 0.6 is 11.6 Å². The van der Waals surface area contributed by atoms with E-state index in [9.17, 15) is 24.3 Å². The number of nitrogens with one attached hydrogen (secondary N) is 1. The van der Waals surface area contributed by atoms with Crippen molar-refractivity contribution in [2.24, 2.45) is 5.92 Å². The van der Waals surface area contributed by atoms with E-state index in [1.165, 1.54) is 4.90 Å². The highest BCUT2D eigenvalue weighted by Crippen LogP contribution is 2.24. The Morgan fingerprint density at radius 3 is 2.23 bits per heavy atom. The number of aliphatic hydroxyl groups is 1. The molecule has 9 nitrogen and oxygen atoms in total. The molecular weight excluding hydrogens is 476 g/mol. The van der Waals surface area contributed by atoms with Crippen molar-refractivity contribution < 1.29 is 34.5 Å². The number of carboxylic acids is 2. The Hall–Kier alpha value is -3.43. The fourth-order valence-electron chi connectivity index (χ4n) is 4.07. The second kappa shape index (κ2) is 11.8. The Morgan fingerprint density at radius 2 is 1.66 bits per heavy atom. The van der Waals surface area contributed by atoms with Gasteiger partial charge < -0.3 is 25.5 Å². The van der Waals surface area contributed by atoms with E-state index in [-0.39, 0.29) is 38.8 Å². The third kappa shape index (κ3) is 7.27. The summed E-state index contributed by atoms with van der Waals surface area (Å²) in [5, 5.41) is 31.2. The van der Waals surface area contributed by atoms with E-state index in [2.05, 4.69) is 5.32 Å². The summed E-state index contributed by atoms with van der Waals surface area (Å²) in [6.45, 7) is 0.299. The molecule has 186 valence electrons. The van der Waals surface area contributed by atoms with Crippen molar-refractivity contribution in [3.63, 3.8) is 0 Å². The van der Waals surface area contributed by atoms with Crippen LogP contribution in [0.1, 0.15) is 24.8 Å². The number of aliphatic hydroxyl groups excluding tert-OH is 1. The Labute approximate surface area is 207 Å². The predicted molar refractivity (Wildman–Crippen MR) is 128 cm³/mol. The third-order valence-electron chi connectivity index (χ3n) is 6.05. The number of hydrogen-bond acceptors (Lipinski definition) is 5. The number of likely N-dealkylation sites (tertiary alicyclic amines) is 1. The number of benzene rings is 2. The lowest BCUT2D eigenvalue weighted by Gasteiger charge is -2.30. The summed E-state index contributed by atoms with van der Waals surface area (Å²) in [5.74, 6) is -4.62. The van der Waals surface area contributed by atoms with E-state index >= 15 is 0 Å². The van der Waals surface area contributed by atoms with Crippen molar-refractivity contribution in [2.45, 2.75) is 37.8 Å². The summed E-state index contributed by atoms with van der Waals surface area (Å²) < 4.78 is 0. The Morgan fingerprint density at radius 1 is 1.00 bits per heavy atom. The van der Waals surface area contributed by atoms with E-state index in [1.54, 1.807) is 6.07 Å². The SMILES string of the molecule is O=C(N[C@H](Cc1ccc(-c2cccc(Cl)c2)cc1)C[C@@H](O)C(=O)O)C(=O)N1CCC(C(=O)O)CC1. The normalized spacial score (nSPS) is 15.8. The van der Waals surface area contributed by atoms with Gasteiger partial charge in [-0.1, -0.05) is 48.0 Å². The zero-order chi connectivity index (χ0) is 25.5. The summed E-state index contributed by atoms with van der Waals surface area (Å²) in [6, 6.07) is 13.9. The van der Waals surface area contributed by atoms with Crippen LogP contribution in [0.2, 0.25) is 5.02 Å². The van der Waals surface area contributed by atoms with Crippen LogP contribution in [0.15, 0.2) is 48.5 Å². The maximum absolute atomic E-state index is 12.6. The minimum Gasteiger partial charge on any atom is -0.481 e. The first-order valence-corrected chi connectivity index (χ1v) is 11.6. The van der Waals surface area contributed by atoms with Crippen LogP contribution in [0.4, 0.5) is 0 Å². The highest BCUT2D eigenvalue weighted by Gasteiger charge is 2.31. The molecule has 0 aliphatic carbocycles. The smallest absolute Gasteiger partial charge is 0.332 e. The molecule has 3 rings (SSSR count). The van der Waals surface area contributed by atoms with Crippen LogP contribution in [0.25, 0.3) is 11.1 Å². The zero-order valence-electron chi connectivity index (χ0n) is 18.9. The average Bonchev–Trinajstić information content (AvgIpc) is 2.83. The van der Waals surface area contributed by atoms with Gasteiger partial charge in [0.25, 0.3) is 0 Å². The van der Waals surface area contributed by atoms with Gasteiger partial charge in [0.05, 0.1) is 5.92 Å². The lowest BCUT2D eigenvalue weighted by atomic mass is 9.96. The molecule has 2 aromatic carbocycles. The zero-order valence-corrected chi connectivity index (χ0v) is 19.6. The summed E-state index contributed by atoms with van der Waals surface area (Å²) in [4.78, 5) is 48.8. The van der Waals surface area contributed by atoms with Crippen molar-refractivity contribution in [3.8, 4) is 11.1 Å². The third-order valence-corrected chi connectivity index (χ3v) is 6.28. The number of aliphatic carboxylic acids is 2. The maximum Gasteiger partial charge on any atom is 0.332 e. The van der Waals surface area contributed by atoms with E-state index < -0.39 is 41.8 Å². The standard InChI is InChI=1S/C25H27ClN2O7/c26-19-3-1-2-18(13-19)16-6-4-15(5-7-16)12-20(14-21(29)25(34)35)27-22(30)23(31)28-10-8-17(9-11-28)24(32)33/h1-7,13,17,20-21,29H,8-12,14H2,(H,27,30)(H,32,33)(H,34,35)/t20-,21-/m1/s1. The van der Waals surface area contributed by atoms with Gasteiger partial charge in [0.1, 0.15) is 0 Å². The molecule has 1 aliphatic rings. The molecule has 1 fully saturated rings. The first kappa shape index (κ1) is 26.2. The van der Waals surface area contributed by atoms with E-state index in [0.717, 1.165) is 16.7 Å². The molecule has 0 unspecified atom stereocenters. The van der Waals surface area contributed by atoms with Crippen molar-refractivity contribution in [2.75, 3.05) is 13.1 Å². The quantitative estimate of drug-likeness (QED) is 0.405. The summed E-state index contributed by atoms with van der Waals surface area (Å²) in [5.41, 5.74) is 2.61. The molecule has 1 heterocycles. The van der Waals surface area contributed by atoms with Crippen molar-refractivity contribution in [1.29, 1.82) is 0 Å². The topological polar surface area (TPSA) is 144 Å². The molecule has 35 heavy (non-hydrogen) atoms. The summed E-state index contributed by atoms with van der Waals surface area (Å²) >= 11 is 6.05. The molecule has 1 aliphatic heterocycles. The molecule has 1 saturated heterocycles. The second-order valence-electron chi connectivity index (χ2n) is 8.58. The largest absolute Gasteiger partial charge is 0.481 e. The molecule has 2 atom stereocenters. The van der Waals surface area contributed by atoms with Gasteiger partial charge in [-0.15, -0.1) is 0 Å². The predicted octanol–water partition coefficient (Wildman–Crippen LogP) is 2.19. The van der Waals surface area contributed by atoms with Crippen LogP contribution in [0.5, 0.6) is 0 Å². The van der Waals surface area contributed by atoms with Gasteiger partial charge in [0, 0.05) is 30.6 Å². The van der Waals surface area contributed by atoms with Crippen LogP contribution < -0.4 is 5.32 Å². The highest BCUT2D eigenvalue weighted by atomic mass is 35.5. The number of halogens is 1. The van der Waals surface area contributed by atoms with Crippen molar-refractivity contribution >= 4 is 35.4 Å². The van der Waals surface area contributed by atoms with Crippen LogP contribution in [-0.2, 0) is 25.6 Å². The molecular formula is C25H27ClN2O7. The number of amides is 2. The van der Waals surface area contributed by atoms with Gasteiger partial charge in [-0.3, -0.25) is 14.4 Å². The molecule has 0 bridgehead atoms. The number of carbonyl (C=O) groups excluding carboxylic acids is 2. The monoisotopic (exact) mass is 502 g/mol. The fraction of sp³-hybridized carbons (Fsp3) is 0.360. The van der Waals surface area contributed by atoms with Crippen LogP contribution in [0.3, 0.4) is 0 Å². The van der Waals surface area contributed by atoms with Crippen molar-refractivity contribution in [1.82, 2.24) is 10.2 Å². The number of hydrogen-bond donors (Lipinski definition) is 4. The van der Waals surface area contributed by atoms with Crippen LogP contribution in [0, 0.1) is 5.92 Å². The highest BCUT2D eigenvalue weighted by molar-refractivity contribution is 6.35. The van der Waals surface area contributed by atoms with Gasteiger partial charge in [0.2, 0.25) is 0 Å². The van der Waals surface area contributed by atoms with E-state index in [1.807, 2.05) is 42.5 Å². The Kier molecular flexibility index (Phi) is 8.84. The Bertz CT molecular complexity index is 1080. The van der Waals surface area contributed by atoms with Gasteiger partial charge in [-0.2, -0.15) is 0 Å². The molecule has 0 spiro atoms. The lowest BCUT2D eigenvalue weighted by Crippen LogP contribution is -2.50. The first-order valence-electron chi connectivity index (χ1n) is 11.2. The fourth-order valence-corrected chi connectivity index (χ4v) is 4.26. The van der Waals surface area contributed by atoms with Crippen molar-refractivity contribution in [3.05, 3.63) is 59.1 Å². The summed E-state index contributed by atoms with van der Waals surface area (Å²) in [6.07, 6.45) is -1.29. The molecule has 10 heteroatoms. The number of carbonyl (C=O) groups is 4. The molecule has 2 amide bonds. The Balaban J connectivity index is 1.67. The van der Waals surface area contributed by atoms with Crippen LogP contribution in [-0.4, -0.2) is 69.2 Å². The van der Waals surface area contributed by atoms with Gasteiger partial charge in [-0.05, 0) is 48.1 Å². The second-order valence-corrected chi connectivity index (χ2v) is 9.01. The molecule has 0 aromatic heterocycles. The first-order chi connectivity index (χ1) is 16.6. The average molecular weight is 503 g/mol. The maximum atomic E-state index is 12.6. The number of piperidine rings is 1. The minimum atomic E-state index is -1.72. The summed E-state index contributed by atoms with van der Waals surface area (Å²) in [7, 11) is 0. The minimum absolute atomic E-state index is 0.149. The van der Waals surface area contributed by atoms with Gasteiger partial charge >= 0.3 is 23.8 Å². The lowest BCUT2D eigenvalue weighted by molar-refractivity contribution is -0.150. The van der Waals surface area contributed by atoms with Gasteiger partial charge in [0.15, 0.2) is 6.10 Å². The molecule has 2 aromatic rings.